The number of ether oxygens (including phenoxy) is 3. The fraction of sp³-hybridized carbons (Fsp3) is 0.859. The molecule has 0 aromatic carbocycles. The lowest BCUT2D eigenvalue weighted by Crippen LogP contribution is -2.30. The first kappa shape index (κ1) is 67.6. The molecule has 1 atom stereocenters. The summed E-state index contributed by atoms with van der Waals surface area (Å²) in [6.07, 6.45) is 71.5. The first-order valence-electron chi connectivity index (χ1n) is 31.0. The summed E-state index contributed by atoms with van der Waals surface area (Å²) in [5.41, 5.74) is 0. The van der Waals surface area contributed by atoms with E-state index in [1.54, 1.807) is 0 Å². The van der Waals surface area contributed by atoms with E-state index in [1.807, 2.05) is 0 Å². The van der Waals surface area contributed by atoms with Crippen LogP contribution in [0, 0.1) is 0 Å². The van der Waals surface area contributed by atoms with Gasteiger partial charge in [-0.1, -0.05) is 282 Å². The van der Waals surface area contributed by atoms with Crippen LogP contribution in [0.5, 0.6) is 0 Å². The van der Waals surface area contributed by atoms with Crippen LogP contribution in [0.3, 0.4) is 0 Å². The number of allylic oxidation sites excluding steroid dienone is 6. The van der Waals surface area contributed by atoms with Crippen molar-refractivity contribution in [3.8, 4) is 0 Å². The molecule has 0 aromatic heterocycles. The van der Waals surface area contributed by atoms with Crippen LogP contribution in [-0.2, 0) is 28.6 Å². The molecule has 0 N–H and O–H groups in total. The van der Waals surface area contributed by atoms with Gasteiger partial charge in [0.15, 0.2) is 6.10 Å². The van der Waals surface area contributed by atoms with Crippen molar-refractivity contribution in [1.82, 2.24) is 0 Å². The maximum Gasteiger partial charge on any atom is 0.306 e. The average Bonchev–Trinajstić information content (AvgIpc) is 3.36. The molecular formula is C64H118O6. The topological polar surface area (TPSA) is 78.9 Å². The zero-order chi connectivity index (χ0) is 50.7. The molecule has 0 saturated carbocycles. The number of rotatable bonds is 57. The Kier molecular flexibility index (Phi) is 57.2. The number of esters is 3. The van der Waals surface area contributed by atoms with Crippen molar-refractivity contribution >= 4 is 17.9 Å². The van der Waals surface area contributed by atoms with E-state index in [1.165, 1.54) is 212 Å². The summed E-state index contributed by atoms with van der Waals surface area (Å²) < 4.78 is 16.9. The highest BCUT2D eigenvalue weighted by molar-refractivity contribution is 5.71. The lowest BCUT2D eigenvalue weighted by Gasteiger charge is -2.18. The van der Waals surface area contributed by atoms with E-state index in [4.69, 9.17) is 14.2 Å². The molecule has 0 heterocycles. The SMILES string of the molecule is CCC/C=C\C/C=C\CCCCCCCC(=O)OCC(COC(=O)CCCCCCCCCCCCCCCCCCCCCC)OC(=O)CCCCCCCCCCC/C=C\CCCCCCCC. The Balaban J connectivity index is 4.30. The van der Waals surface area contributed by atoms with Crippen LogP contribution in [0.1, 0.15) is 335 Å². The van der Waals surface area contributed by atoms with Gasteiger partial charge in [0.05, 0.1) is 0 Å². The van der Waals surface area contributed by atoms with E-state index in [0.717, 1.165) is 83.5 Å². The van der Waals surface area contributed by atoms with Gasteiger partial charge in [-0.25, -0.2) is 0 Å². The Morgan fingerprint density at radius 1 is 0.286 bits per heavy atom. The van der Waals surface area contributed by atoms with Crippen molar-refractivity contribution in [1.29, 1.82) is 0 Å². The zero-order valence-corrected chi connectivity index (χ0v) is 47.1. The minimum Gasteiger partial charge on any atom is -0.462 e. The normalized spacial score (nSPS) is 12.2. The number of hydrogen-bond donors (Lipinski definition) is 0. The van der Waals surface area contributed by atoms with E-state index >= 15 is 0 Å². The van der Waals surface area contributed by atoms with Gasteiger partial charge in [-0.2, -0.15) is 0 Å². The van der Waals surface area contributed by atoms with E-state index in [2.05, 4.69) is 57.2 Å². The first-order chi connectivity index (χ1) is 34.5. The van der Waals surface area contributed by atoms with E-state index in [-0.39, 0.29) is 31.1 Å². The van der Waals surface area contributed by atoms with Crippen LogP contribution in [0.15, 0.2) is 36.5 Å². The third kappa shape index (κ3) is 56.5. The fourth-order valence-electron chi connectivity index (χ4n) is 9.18. The fourth-order valence-corrected chi connectivity index (χ4v) is 9.18. The summed E-state index contributed by atoms with van der Waals surface area (Å²) in [6, 6.07) is 0. The second-order valence-corrected chi connectivity index (χ2v) is 21.0. The highest BCUT2D eigenvalue weighted by Gasteiger charge is 2.19. The van der Waals surface area contributed by atoms with Gasteiger partial charge in [-0.05, 0) is 70.6 Å². The Morgan fingerprint density at radius 3 is 0.857 bits per heavy atom. The molecule has 0 rings (SSSR count). The average molecular weight is 984 g/mol. The van der Waals surface area contributed by atoms with Crippen LogP contribution in [0.4, 0.5) is 0 Å². The Morgan fingerprint density at radius 2 is 0.543 bits per heavy atom. The second-order valence-electron chi connectivity index (χ2n) is 21.0. The monoisotopic (exact) mass is 983 g/mol. The Bertz CT molecular complexity index is 1170. The van der Waals surface area contributed by atoms with Crippen molar-refractivity contribution in [3.05, 3.63) is 36.5 Å². The number of carbonyl (C=O) groups excluding carboxylic acids is 3. The molecule has 1 unspecified atom stereocenters. The van der Waals surface area contributed by atoms with Crippen molar-refractivity contribution in [2.45, 2.75) is 341 Å². The third-order valence-electron chi connectivity index (χ3n) is 13.8. The summed E-state index contributed by atoms with van der Waals surface area (Å²) in [7, 11) is 0. The lowest BCUT2D eigenvalue weighted by atomic mass is 10.0. The molecule has 0 aliphatic rings. The summed E-state index contributed by atoms with van der Waals surface area (Å²) >= 11 is 0. The van der Waals surface area contributed by atoms with Crippen LogP contribution in [0.25, 0.3) is 0 Å². The minimum absolute atomic E-state index is 0.0734. The van der Waals surface area contributed by atoms with Gasteiger partial charge in [0.2, 0.25) is 0 Å². The quantitative estimate of drug-likeness (QED) is 0.0261. The molecule has 0 amide bonds. The van der Waals surface area contributed by atoms with Gasteiger partial charge >= 0.3 is 17.9 Å². The molecule has 0 aliphatic carbocycles. The molecule has 6 nitrogen and oxygen atoms in total. The highest BCUT2D eigenvalue weighted by Crippen LogP contribution is 2.17. The van der Waals surface area contributed by atoms with Gasteiger partial charge < -0.3 is 14.2 Å². The van der Waals surface area contributed by atoms with Crippen LogP contribution in [-0.4, -0.2) is 37.2 Å². The second kappa shape index (κ2) is 59.2. The van der Waals surface area contributed by atoms with Gasteiger partial charge in [-0.15, -0.1) is 0 Å². The van der Waals surface area contributed by atoms with Gasteiger partial charge in [0, 0.05) is 19.3 Å². The van der Waals surface area contributed by atoms with Crippen molar-refractivity contribution in [2.75, 3.05) is 13.2 Å². The van der Waals surface area contributed by atoms with Crippen LogP contribution >= 0.6 is 0 Å². The molecule has 0 aromatic rings. The molecule has 0 spiro atoms. The zero-order valence-electron chi connectivity index (χ0n) is 47.1. The Hall–Kier alpha value is -2.37. The molecule has 0 radical (unpaired) electrons. The standard InChI is InChI=1S/C64H118O6/c1-4-7-10-13-16-19-22-25-27-29-31-33-34-36-39-42-45-48-51-54-57-63(66)69-60-61(59-68-62(65)56-53-50-47-44-41-38-24-21-18-15-12-9-6-3)70-64(67)58-55-52-49-46-43-40-37-35-32-30-28-26-23-20-17-14-11-8-5-2/h12,15,21,24,26,28,61H,4-11,13-14,16-20,22-23,25,27,29-60H2,1-3H3/b15-12-,24-21-,28-26-. The molecular weight excluding hydrogens is 865 g/mol. The molecule has 0 fully saturated rings. The summed E-state index contributed by atoms with van der Waals surface area (Å²) in [6.45, 7) is 6.61. The molecule has 6 heteroatoms. The third-order valence-corrected chi connectivity index (χ3v) is 13.8. The summed E-state index contributed by atoms with van der Waals surface area (Å²) in [4.78, 5) is 38.2. The number of hydrogen-bond acceptors (Lipinski definition) is 6. The van der Waals surface area contributed by atoms with Crippen molar-refractivity contribution < 1.29 is 28.6 Å². The predicted molar refractivity (Wildman–Crippen MR) is 302 cm³/mol. The number of unbranched alkanes of at least 4 members (excludes halogenated alkanes) is 40. The first-order valence-corrected chi connectivity index (χ1v) is 31.0. The van der Waals surface area contributed by atoms with E-state index < -0.39 is 6.10 Å². The lowest BCUT2D eigenvalue weighted by molar-refractivity contribution is -0.167. The largest absolute Gasteiger partial charge is 0.462 e. The van der Waals surface area contributed by atoms with Gasteiger partial charge in [0.1, 0.15) is 13.2 Å². The van der Waals surface area contributed by atoms with Gasteiger partial charge in [-0.3, -0.25) is 14.4 Å². The molecule has 410 valence electrons. The molecule has 70 heavy (non-hydrogen) atoms. The van der Waals surface area contributed by atoms with Gasteiger partial charge in [0.25, 0.3) is 0 Å². The van der Waals surface area contributed by atoms with Crippen molar-refractivity contribution in [3.63, 3.8) is 0 Å². The van der Waals surface area contributed by atoms with Crippen LogP contribution < -0.4 is 0 Å². The summed E-state index contributed by atoms with van der Waals surface area (Å²) in [5, 5.41) is 0. The Labute approximate surface area is 435 Å². The van der Waals surface area contributed by atoms with E-state index in [9.17, 15) is 14.4 Å². The van der Waals surface area contributed by atoms with Crippen molar-refractivity contribution in [2.24, 2.45) is 0 Å². The molecule has 0 aliphatic heterocycles. The minimum atomic E-state index is -0.777. The maximum atomic E-state index is 12.9. The highest BCUT2D eigenvalue weighted by atomic mass is 16.6. The van der Waals surface area contributed by atoms with E-state index in [0.29, 0.717) is 19.3 Å². The smallest absolute Gasteiger partial charge is 0.306 e. The molecule has 0 bridgehead atoms. The van der Waals surface area contributed by atoms with Crippen LogP contribution in [0.2, 0.25) is 0 Å². The molecule has 0 saturated heterocycles. The maximum absolute atomic E-state index is 12.9. The number of carbonyl (C=O) groups is 3. The summed E-state index contributed by atoms with van der Waals surface area (Å²) in [5.74, 6) is -0.869. The predicted octanol–water partition coefficient (Wildman–Crippen LogP) is 20.8.